The van der Waals surface area contributed by atoms with Gasteiger partial charge in [-0.1, -0.05) is 136 Å². The van der Waals surface area contributed by atoms with Gasteiger partial charge in [-0.25, -0.2) is 0 Å². The summed E-state index contributed by atoms with van der Waals surface area (Å²) in [5.74, 6) is 0. The summed E-state index contributed by atoms with van der Waals surface area (Å²) >= 11 is 0. The summed E-state index contributed by atoms with van der Waals surface area (Å²) in [4.78, 5) is 5.11. The number of rotatable bonds is 23. The molecule has 0 fully saturated rings. The highest BCUT2D eigenvalue weighted by Gasteiger charge is 2.20. The average molecular weight is 435 g/mol. The Morgan fingerprint density at radius 2 is 0.677 bits per heavy atom. The Kier molecular flexibility index (Phi) is 19.4. The highest BCUT2D eigenvalue weighted by molar-refractivity contribution is 4.95. The van der Waals surface area contributed by atoms with E-state index in [4.69, 9.17) is 0 Å². The molecule has 1 heterocycles. The molecule has 0 radical (unpaired) electrons. The van der Waals surface area contributed by atoms with Gasteiger partial charge >= 0.3 is 0 Å². The third-order valence-electron chi connectivity index (χ3n) is 7.20. The van der Waals surface area contributed by atoms with Crippen molar-refractivity contribution in [1.29, 1.82) is 0 Å². The first-order valence-corrected chi connectivity index (χ1v) is 14.5. The molecule has 184 valence electrons. The normalized spacial score (nSPS) is 16.0. The van der Waals surface area contributed by atoms with Crippen molar-refractivity contribution in [2.24, 2.45) is 0 Å². The van der Waals surface area contributed by atoms with Gasteiger partial charge in [0.25, 0.3) is 0 Å². The molecular weight excluding hydrogens is 376 g/mol. The van der Waals surface area contributed by atoms with E-state index >= 15 is 0 Å². The lowest BCUT2D eigenvalue weighted by molar-refractivity contribution is 0.165. The Balaban J connectivity index is 1.85. The van der Waals surface area contributed by atoms with Gasteiger partial charge in [-0.15, -0.1) is 0 Å². The van der Waals surface area contributed by atoms with Crippen LogP contribution in [0.4, 0.5) is 0 Å². The van der Waals surface area contributed by atoms with Crippen molar-refractivity contribution in [3.63, 3.8) is 0 Å². The van der Waals surface area contributed by atoms with Crippen LogP contribution < -0.4 is 0 Å². The van der Waals surface area contributed by atoms with Gasteiger partial charge in [0.2, 0.25) is 0 Å². The zero-order chi connectivity index (χ0) is 22.4. The van der Waals surface area contributed by atoms with Gasteiger partial charge in [0, 0.05) is 25.5 Å². The number of hydrogen-bond acceptors (Lipinski definition) is 2. The largest absolute Gasteiger partial charge is 0.356 e. The maximum Gasteiger partial charge on any atom is 0.0977 e. The van der Waals surface area contributed by atoms with Crippen molar-refractivity contribution in [3.8, 4) is 0 Å². The molecule has 0 amide bonds. The van der Waals surface area contributed by atoms with Gasteiger partial charge < -0.3 is 9.80 Å². The molecule has 0 aliphatic carbocycles. The summed E-state index contributed by atoms with van der Waals surface area (Å²) in [5, 5.41) is 0. The molecule has 0 aromatic carbocycles. The Morgan fingerprint density at radius 3 is 0.968 bits per heavy atom. The lowest BCUT2D eigenvalue weighted by Crippen LogP contribution is -2.36. The van der Waals surface area contributed by atoms with E-state index in [0.29, 0.717) is 6.17 Å². The lowest BCUT2D eigenvalue weighted by atomic mass is 10.0. The summed E-state index contributed by atoms with van der Waals surface area (Å²) in [6.07, 6.45) is 35.3. The molecule has 0 bridgehead atoms. The zero-order valence-corrected chi connectivity index (χ0v) is 21.9. The van der Waals surface area contributed by atoms with E-state index in [2.05, 4.69) is 43.0 Å². The SMILES string of the molecule is CCCCCCCCCCCCCCCCN1C=CN(CCCCCCCCC)C1C. The third kappa shape index (κ3) is 15.7. The average Bonchev–Trinajstić information content (AvgIpc) is 3.12. The minimum atomic E-state index is 0.571. The fraction of sp³-hybridized carbons (Fsp3) is 0.931. The van der Waals surface area contributed by atoms with Crippen LogP contribution in [0.2, 0.25) is 0 Å². The third-order valence-corrected chi connectivity index (χ3v) is 7.20. The minimum absolute atomic E-state index is 0.571. The highest BCUT2D eigenvalue weighted by Crippen LogP contribution is 2.19. The molecule has 0 aromatic rings. The van der Waals surface area contributed by atoms with Gasteiger partial charge in [-0.2, -0.15) is 0 Å². The van der Waals surface area contributed by atoms with E-state index in [-0.39, 0.29) is 0 Å². The van der Waals surface area contributed by atoms with Crippen molar-refractivity contribution < 1.29 is 0 Å². The van der Waals surface area contributed by atoms with Crippen molar-refractivity contribution in [2.45, 2.75) is 162 Å². The molecule has 31 heavy (non-hydrogen) atoms. The van der Waals surface area contributed by atoms with Crippen LogP contribution in [-0.2, 0) is 0 Å². The van der Waals surface area contributed by atoms with E-state index in [1.807, 2.05) is 0 Å². The Hall–Kier alpha value is -0.660. The fourth-order valence-corrected chi connectivity index (χ4v) is 4.87. The van der Waals surface area contributed by atoms with Crippen LogP contribution in [0.3, 0.4) is 0 Å². The molecule has 2 heteroatoms. The van der Waals surface area contributed by atoms with Crippen LogP contribution in [0, 0.1) is 0 Å². The van der Waals surface area contributed by atoms with Crippen LogP contribution in [0.15, 0.2) is 12.4 Å². The van der Waals surface area contributed by atoms with Gasteiger partial charge in [0.1, 0.15) is 0 Å². The molecular formula is C29H58N2. The molecule has 1 unspecified atom stereocenters. The molecule has 1 rings (SSSR count). The Morgan fingerprint density at radius 1 is 0.419 bits per heavy atom. The second-order valence-corrected chi connectivity index (χ2v) is 10.1. The van der Waals surface area contributed by atoms with Crippen molar-refractivity contribution in [1.82, 2.24) is 9.80 Å². The molecule has 0 saturated carbocycles. The number of unbranched alkanes of at least 4 members (excludes halogenated alkanes) is 19. The summed E-state index contributed by atoms with van der Waals surface area (Å²) in [7, 11) is 0. The Labute approximate surface area is 197 Å². The maximum atomic E-state index is 2.56. The van der Waals surface area contributed by atoms with E-state index in [1.165, 1.54) is 148 Å². The van der Waals surface area contributed by atoms with E-state index in [0.717, 1.165) is 0 Å². The van der Waals surface area contributed by atoms with E-state index in [1.54, 1.807) is 0 Å². The predicted molar refractivity (Wildman–Crippen MR) is 140 cm³/mol. The molecule has 1 aliphatic rings. The second-order valence-electron chi connectivity index (χ2n) is 10.1. The number of hydrogen-bond donors (Lipinski definition) is 0. The van der Waals surface area contributed by atoms with Gasteiger partial charge in [0.15, 0.2) is 0 Å². The lowest BCUT2D eigenvalue weighted by Gasteiger charge is -2.30. The maximum absolute atomic E-state index is 2.56. The molecule has 0 saturated heterocycles. The monoisotopic (exact) mass is 434 g/mol. The summed E-state index contributed by atoms with van der Waals surface area (Å²) in [6.45, 7) is 9.45. The summed E-state index contributed by atoms with van der Waals surface area (Å²) in [5.41, 5.74) is 0. The molecule has 2 nitrogen and oxygen atoms in total. The molecule has 0 N–H and O–H groups in total. The molecule has 0 aromatic heterocycles. The molecule has 0 spiro atoms. The Bertz CT molecular complexity index is 392. The fourth-order valence-electron chi connectivity index (χ4n) is 4.87. The first-order valence-electron chi connectivity index (χ1n) is 14.5. The smallest absolute Gasteiger partial charge is 0.0977 e. The zero-order valence-electron chi connectivity index (χ0n) is 21.9. The molecule has 1 aliphatic heterocycles. The quantitative estimate of drug-likeness (QED) is 0.148. The summed E-state index contributed by atoms with van der Waals surface area (Å²) < 4.78 is 0. The first kappa shape index (κ1) is 28.4. The van der Waals surface area contributed by atoms with Crippen LogP contribution >= 0.6 is 0 Å². The number of nitrogens with zero attached hydrogens (tertiary/aromatic N) is 2. The standard InChI is InChI=1S/C29H58N2/c1-4-6-8-10-12-13-14-15-16-17-18-20-22-24-26-31-28-27-30(29(31)3)25-23-21-19-11-9-7-5-2/h27-29H,4-26H2,1-3H3. The van der Waals surface area contributed by atoms with Crippen LogP contribution in [-0.4, -0.2) is 29.1 Å². The van der Waals surface area contributed by atoms with Crippen molar-refractivity contribution >= 4 is 0 Å². The van der Waals surface area contributed by atoms with Gasteiger partial charge in [-0.3, -0.25) is 0 Å². The van der Waals surface area contributed by atoms with Gasteiger partial charge in [0.05, 0.1) is 6.17 Å². The second kappa shape index (κ2) is 21.2. The predicted octanol–water partition coefficient (Wildman–Crippen LogP) is 9.65. The highest BCUT2D eigenvalue weighted by atomic mass is 15.4. The summed E-state index contributed by atoms with van der Waals surface area (Å²) in [6, 6.07) is 0. The van der Waals surface area contributed by atoms with Gasteiger partial charge in [-0.05, 0) is 19.8 Å². The molecule has 1 atom stereocenters. The van der Waals surface area contributed by atoms with Crippen molar-refractivity contribution in [3.05, 3.63) is 12.4 Å². The van der Waals surface area contributed by atoms with Crippen molar-refractivity contribution in [2.75, 3.05) is 13.1 Å². The van der Waals surface area contributed by atoms with Crippen LogP contribution in [0.1, 0.15) is 156 Å². The van der Waals surface area contributed by atoms with E-state index < -0.39 is 0 Å². The van der Waals surface area contributed by atoms with Crippen LogP contribution in [0.5, 0.6) is 0 Å². The minimum Gasteiger partial charge on any atom is -0.356 e. The topological polar surface area (TPSA) is 6.48 Å². The van der Waals surface area contributed by atoms with Crippen LogP contribution in [0.25, 0.3) is 0 Å². The van der Waals surface area contributed by atoms with E-state index in [9.17, 15) is 0 Å². The first-order chi connectivity index (χ1) is 15.3.